The van der Waals surface area contributed by atoms with Crippen molar-refractivity contribution in [2.75, 3.05) is 0 Å². The summed E-state index contributed by atoms with van der Waals surface area (Å²) in [5.41, 5.74) is 5.32. The summed E-state index contributed by atoms with van der Waals surface area (Å²) < 4.78 is 2.01. The summed E-state index contributed by atoms with van der Waals surface area (Å²) in [5, 5.41) is 13.0. The van der Waals surface area contributed by atoms with E-state index in [2.05, 4.69) is 90.9 Å². The smallest absolute Gasteiger partial charge is 0.185 e. The van der Waals surface area contributed by atoms with Crippen molar-refractivity contribution < 1.29 is 0 Å². The molecular weight excluding hydrogens is 370 g/mol. The molecule has 4 aromatic rings. The highest BCUT2D eigenvalue weighted by Crippen LogP contribution is 2.48. The third kappa shape index (κ3) is 2.93. The zero-order valence-corrected chi connectivity index (χ0v) is 17.6. The maximum atomic E-state index is 4.94. The molecule has 30 heavy (non-hydrogen) atoms. The molecule has 2 aromatic heterocycles. The summed E-state index contributed by atoms with van der Waals surface area (Å²) in [5.74, 6) is 0.815. The van der Waals surface area contributed by atoms with Crippen LogP contribution in [-0.4, -0.2) is 25.2 Å². The molecule has 0 N–H and O–H groups in total. The van der Waals surface area contributed by atoms with Crippen LogP contribution in [0.3, 0.4) is 0 Å². The maximum absolute atomic E-state index is 4.94. The highest BCUT2D eigenvalue weighted by molar-refractivity contribution is 5.71. The van der Waals surface area contributed by atoms with Crippen LogP contribution in [0.25, 0.3) is 11.4 Å². The predicted octanol–water partition coefficient (Wildman–Crippen LogP) is 4.58. The minimum Gasteiger partial charge on any atom is -0.258 e. The third-order valence-corrected chi connectivity index (χ3v) is 5.98. The van der Waals surface area contributed by atoms with Crippen molar-refractivity contribution in [3.63, 3.8) is 0 Å². The minimum absolute atomic E-state index is 0.0423. The van der Waals surface area contributed by atoms with Gasteiger partial charge in [-0.15, -0.1) is 5.10 Å². The molecule has 0 saturated carbocycles. The predicted molar refractivity (Wildman–Crippen MR) is 117 cm³/mol. The molecule has 0 aliphatic carbocycles. The van der Waals surface area contributed by atoms with Crippen molar-refractivity contribution in [3.05, 3.63) is 95.3 Å². The van der Waals surface area contributed by atoms with Crippen molar-refractivity contribution in [2.24, 2.45) is 0 Å². The Hall–Kier alpha value is -3.34. The number of fused-ring (bicyclic) bond motifs is 3. The lowest BCUT2D eigenvalue weighted by molar-refractivity contribution is 0.316. The van der Waals surface area contributed by atoms with E-state index in [-0.39, 0.29) is 5.41 Å². The molecule has 150 valence electrons. The average molecular weight is 396 g/mol. The van der Waals surface area contributed by atoms with Crippen molar-refractivity contribution in [2.45, 2.75) is 44.6 Å². The van der Waals surface area contributed by atoms with E-state index in [0.717, 1.165) is 29.9 Å². The standard InChI is InChI=1S/C25H25N5/c1-24(2,3)20-14-15-26-22-21(20)23-27-28-29-30(23)25(22,16-18-10-6-4-7-11-18)17-19-12-8-5-9-13-19/h4-15H,16-17H2,1-3H3. The van der Waals surface area contributed by atoms with Gasteiger partial charge in [-0.25, -0.2) is 4.68 Å². The topological polar surface area (TPSA) is 56.5 Å². The number of tetrazole rings is 1. The SMILES string of the molecule is CC(C)(C)c1ccnc2c1-c1nnnn1C2(Cc1ccccc1)Cc1ccccc1. The van der Waals surface area contributed by atoms with E-state index in [4.69, 9.17) is 4.98 Å². The monoisotopic (exact) mass is 395 g/mol. The highest BCUT2D eigenvalue weighted by atomic mass is 15.6. The van der Waals surface area contributed by atoms with Gasteiger partial charge in [0, 0.05) is 24.6 Å². The van der Waals surface area contributed by atoms with Crippen LogP contribution in [0.5, 0.6) is 0 Å². The maximum Gasteiger partial charge on any atom is 0.185 e. The van der Waals surface area contributed by atoms with E-state index in [1.54, 1.807) is 0 Å². The number of nitrogens with zero attached hydrogens (tertiary/aromatic N) is 5. The second-order valence-corrected chi connectivity index (χ2v) is 9.10. The summed E-state index contributed by atoms with van der Waals surface area (Å²) in [4.78, 5) is 4.94. The summed E-state index contributed by atoms with van der Waals surface area (Å²) in [7, 11) is 0. The van der Waals surface area contributed by atoms with Gasteiger partial charge in [-0.3, -0.25) is 4.98 Å². The lowest BCUT2D eigenvalue weighted by Crippen LogP contribution is -2.39. The lowest BCUT2D eigenvalue weighted by atomic mass is 9.78. The number of rotatable bonds is 4. The van der Waals surface area contributed by atoms with Crippen molar-refractivity contribution >= 4 is 0 Å². The molecule has 0 bridgehead atoms. The summed E-state index contributed by atoms with van der Waals surface area (Å²) in [6.45, 7) is 6.68. The van der Waals surface area contributed by atoms with Crippen molar-refractivity contribution in [1.29, 1.82) is 0 Å². The fourth-order valence-electron chi connectivity index (χ4n) is 4.64. The first-order chi connectivity index (χ1) is 14.5. The molecule has 5 nitrogen and oxygen atoms in total. The molecule has 2 aromatic carbocycles. The fraction of sp³-hybridized carbons (Fsp3) is 0.280. The Labute approximate surface area is 176 Å². The Kier molecular flexibility index (Phi) is 4.28. The molecule has 0 amide bonds. The minimum atomic E-state index is -0.474. The average Bonchev–Trinajstić information content (AvgIpc) is 3.31. The molecule has 0 spiro atoms. The van der Waals surface area contributed by atoms with Gasteiger partial charge in [0.25, 0.3) is 0 Å². The quantitative estimate of drug-likeness (QED) is 0.508. The molecule has 0 atom stereocenters. The van der Waals surface area contributed by atoms with E-state index in [1.165, 1.54) is 16.7 Å². The Morgan fingerprint density at radius 2 is 1.43 bits per heavy atom. The van der Waals surface area contributed by atoms with Gasteiger partial charge in [0.15, 0.2) is 5.82 Å². The zero-order valence-electron chi connectivity index (χ0n) is 17.6. The Morgan fingerprint density at radius 3 is 2.00 bits per heavy atom. The fourth-order valence-corrected chi connectivity index (χ4v) is 4.64. The molecule has 5 heteroatoms. The van der Waals surface area contributed by atoms with Gasteiger partial charge in [0.2, 0.25) is 0 Å². The zero-order chi connectivity index (χ0) is 20.8. The Balaban J connectivity index is 1.78. The van der Waals surface area contributed by atoms with Gasteiger partial charge in [-0.1, -0.05) is 81.4 Å². The van der Waals surface area contributed by atoms with Crippen LogP contribution >= 0.6 is 0 Å². The number of benzene rings is 2. The van der Waals surface area contributed by atoms with Crippen LogP contribution in [0.15, 0.2) is 72.9 Å². The molecule has 0 fully saturated rings. The normalized spacial score (nSPS) is 14.4. The van der Waals surface area contributed by atoms with Gasteiger partial charge < -0.3 is 0 Å². The molecule has 5 rings (SSSR count). The van der Waals surface area contributed by atoms with Crippen LogP contribution in [0.2, 0.25) is 0 Å². The summed E-state index contributed by atoms with van der Waals surface area (Å²) in [6, 6.07) is 23.2. The largest absolute Gasteiger partial charge is 0.258 e. The summed E-state index contributed by atoms with van der Waals surface area (Å²) in [6.07, 6.45) is 3.48. The molecule has 0 unspecified atom stereocenters. The number of hydrogen-bond acceptors (Lipinski definition) is 4. The number of pyridine rings is 1. The second kappa shape index (κ2) is 6.87. The molecule has 0 radical (unpaired) electrons. The van der Waals surface area contributed by atoms with Gasteiger partial charge >= 0.3 is 0 Å². The van der Waals surface area contributed by atoms with E-state index in [0.29, 0.717) is 0 Å². The van der Waals surface area contributed by atoms with Gasteiger partial charge in [-0.05, 0) is 38.6 Å². The number of aromatic nitrogens is 5. The van der Waals surface area contributed by atoms with E-state index < -0.39 is 5.54 Å². The van der Waals surface area contributed by atoms with Gasteiger partial charge in [0.1, 0.15) is 5.54 Å². The van der Waals surface area contributed by atoms with Crippen LogP contribution in [0.1, 0.15) is 43.2 Å². The molecule has 1 aliphatic heterocycles. The van der Waals surface area contributed by atoms with Crippen molar-refractivity contribution in [3.8, 4) is 11.4 Å². The summed E-state index contributed by atoms with van der Waals surface area (Å²) >= 11 is 0. The first-order valence-electron chi connectivity index (χ1n) is 10.4. The molecule has 0 saturated heterocycles. The van der Waals surface area contributed by atoms with Gasteiger partial charge in [-0.2, -0.15) is 0 Å². The first kappa shape index (κ1) is 18.7. The molecule has 3 heterocycles. The van der Waals surface area contributed by atoms with E-state index in [1.807, 2.05) is 23.0 Å². The van der Waals surface area contributed by atoms with Crippen molar-refractivity contribution in [1.82, 2.24) is 25.2 Å². The number of hydrogen-bond donors (Lipinski definition) is 0. The molecule has 1 aliphatic rings. The van der Waals surface area contributed by atoms with E-state index in [9.17, 15) is 0 Å². The highest BCUT2D eigenvalue weighted by Gasteiger charge is 2.48. The van der Waals surface area contributed by atoms with Crippen LogP contribution in [-0.2, 0) is 23.8 Å². The second-order valence-electron chi connectivity index (χ2n) is 9.10. The third-order valence-electron chi connectivity index (χ3n) is 5.98. The lowest BCUT2D eigenvalue weighted by Gasteiger charge is -2.31. The first-order valence-corrected chi connectivity index (χ1v) is 10.4. The Morgan fingerprint density at radius 1 is 0.833 bits per heavy atom. The van der Waals surface area contributed by atoms with Crippen LogP contribution in [0, 0.1) is 0 Å². The van der Waals surface area contributed by atoms with E-state index >= 15 is 0 Å². The Bertz CT molecular complexity index is 1130. The van der Waals surface area contributed by atoms with Crippen LogP contribution < -0.4 is 0 Å². The van der Waals surface area contributed by atoms with Gasteiger partial charge in [0.05, 0.1) is 5.69 Å². The molecular formula is C25H25N5. The van der Waals surface area contributed by atoms with Crippen LogP contribution in [0.4, 0.5) is 0 Å².